The number of carboxylic acids is 1. The summed E-state index contributed by atoms with van der Waals surface area (Å²) in [7, 11) is 1.45. The lowest BCUT2D eigenvalue weighted by molar-refractivity contribution is -0.146. The van der Waals surface area contributed by atoms with Gasteiger partial charge >= 0.3 is 5.97 Å². The fraction of sp³-hybridized carbons (Fsp3) is 0.500. The van der Waals surface area contributed by atoms with Crippen molar-refractivity contribution in [3.8, 4) is 0 Å². The molecule has 1 aliphatic carbocycles. The van der Waals surface area contributed by atoms with Gasteiger partial charge in [-0.3, -0.25) is 4.79 Å². The molecular formula is C10H13N3O3. The van der Waals surface area contributed by atoms with Crippen molar-refractivity contribution in [1.29, 1.82) is 0 Å². The number of nitrogens with zero attached hydrogens (tertiary/aromatic N) is 3. The molecule has 16 heavy (non-hydrogen) atoms. The summed E-state index contributed by atoms with van der Waals surface area (Å²) in [6.07, 6.45) is 5.74. The Labute approximate surface area is 92.5 Å². The van der Waals surface area contributed by atoms with E-state index in [-0.39, 0.29) is 0 Å². The van der Waals surface area contributed by atoms with Crippen LogP contribution in [-0.4, -0.2) is 39.0 Å². The van der Waals surface area contributed by atoms with Crippen LogP contribution in [0.4, 0.5) is 0 Å². The molecule has 6 nitrogen and oxygen atoms in total. The minimum absolute atomic E-state index is 0.347. The molecule has 1 N–H and O–H groups in total. The van der Waals surface area contributed by atoms with E-state index in [1.807, 2.05) is 4.57 Å². The number of hydrogen-bond acceptors (Lipinski definition) is 3. The fourth-order valence-corrected chi connectivity index (χ4v) is 1.75. The predicted molar refractivity (Wildman–Crippen MR) is 54.7 cm³/mol. The van der Waals surface area contributed by atoms with Crippen LogP contribution in [0.5, 0.6) is 0 Å². The molecule has 6 heteroatoms. The lowest BCUT2D eigenvalue weighted by atomic mass is 10.2. The minimum atomic E-state index is -1.04. The normalized spacial score (nSPS) is 16.8. The average Bonchev–Trinajstić information content (AvgIpc) is 2.99. The second kappa shape index (κ2) is 3.96. The van der Waals surface area contributed by atoms with Crippen molar-refractivity contribution in [3.63, 3.8) is 0 Å². The molecule has 1 fully saturated rings. The monoisotopic (exact) mass is 223 g/mol. The molecule has 2 rings (SSSR count). The highest BCUT2D eigenvalue weighted by Crippen LogP contribution is 2.37. The van der Waals surface area contributed by atoms with Crippen molar-refractivity contribution in [2.24, 2.45) is 0 Å². The van der Waals surface area contributed by atoms with Crippen LogP contribution in [0.25, 0.3) is 0 Å². The molecule has 1 aliphatic rings. The number of likely N-dealkylation sites (N-methyl/N-ethyl adjacent to an activating group) is 1. The molecule has 1 unspecified atom stereocenters. The summed E-state index contributed by atoms with van der Waals surface area (Å²) in [4.78, 5) is 26.9. The van der Waals surface area contributed by atoms with E-state index in [4.69, 9.17) is 5.11 Å². The maximum atomic E-state index is 11.2. The molecule has 1 atom stereocenters. The zero-order valence-electron chi connectivity index (χ0n) is 8.91. The standard InChI is InChI=1S/C10H13N3O3/c1-12(6-14)9(10(15)16)8-4-11-5-13(8)7-2-3-7/h4-7,9H,2-3H2,1H3,(H,15,16). The summed E-state index contributed by atoms with van der Waals surface area (Å²) in [6, 6.07) is -0.611. The maximum Gasteiger partial charge on any atom is 0.332 e. The summed E-state index contributed by atoms with van der Waals surface area (Å²) >= 11 is 0. The smallest absolute Gasteiger partial charge is 0.332 e. The minimum Gasteiger partial charge on any atom is -0.479 e. The summed E-state index contributed by atoms with van der Waals surface area (Å²) in [5.41, 5.74) is 0.560. The van der Waals surface area contributed by atoms with Gasteiger partial charge in [0.2, 0.25) is 6.41 Å². The molecule has 86 valence electrons. The Balaban J connectivity index is 2.34. The van der Waals surface area contributed by atoms with Gasteiger partial charge in [0.1, 0.15) is 0 Å². The molecule has 0 spiro atoms. The van der Waals surface area contributed by atoms with E-state index in [0.29, 0.717) is 18.1 Å². The van der Waals surface area contributed by atoms with E-state index in [1.165, 1.54) is 13.2 Å². The van der Waals surface area contributed by atoms with Gasteiger partial charge in [0.05, 0.1) is 18.2 Å². The Morgan fingerprint density at radius 3 is 2.94 bits per heavy atom. The number of rotatable bonds is 5. The number of aliphatic carboxylic acids is 1. The fourth-order valence-electron chi connectivity index (χ4n) is 1.75. The lowest BCUT2D eigenvalue weighted by Crippen LogP contribution is -2.31. The van der Waals surface area contributed by atoms with Crippen LogP contribution in [0, 0.1) is 0 Å². The summed E-state index contributed by atoms with van der Waals surface area (Å²) in [5, 5.41) is 9.13. The Hall–Kier alpha value is -1.85. The van der Waals surface area contributed by atoms with Crippen LogP contribution >= 0.6 is 0 Å². The van der Waals surface area contributed by atoms with Crippen LogP contribution < -0.4 is 0 Å². The molecule has 0 bridgehead atoms. The van der Waals surface area contributed by atoms with E-state index in [2.05, 4.69) is 4.98 Å². The first-order valence-electron chi connectivity index (χ1n) is 5.07. The van der Waals surface area contributed by atoms with Gasteiger partial charge in [0.25, 0.3) is 0 Å². The quantitative estimate of drug-likeness (QED) is 0.734. The van der Waals surface area contributed by atoms with Gasteiger partial charge < -0.3 is 14.6 Å². The Kier molecular flexibility index (Phi) is 2.64. The Morgan fingerprint density at radius 2 is 2.44 bits per heavy atom. The van der Waals surface area contributed by atoms with Crippen LogP contribution in [0.3, 0.4) is 0 Å². The Bertz CT molecular complexity index is 411. The SMILES string of the molecule is CN(C=O)C(C(=O)O)c1cncn1C1CC1. The zero-order chi connectivity index (χ0) is 11.7. The maximum absolute atomic E-state index is 11.2. The zero-order valence-corrected chi connectivity index (χ0v) is 8.91. The largest absolute Gasteiger partial charge is 0.479 e. The van der Waals surface area contributed by atoms with Crippen LogP contribution in [-0.2, 0) is 9.59 Å². The molecule has 0 aromatic carbocycles. The van der Waals surface area contributed by atoms with Gasteiger partial charge in [-0.15, -0.1) is 0 Å². The first-order valence-corrected chi connectivity index (χ1v) is 5.07. The van der Waals surface area contributed by atoms with Gasteiger partial charge in [-0.1, -0.05) is 0 Å². The van der Waals surface area contributed by atoms with Gasteiger partial charge in [-0.05, 0) is 12.8 Å². The van der Waals surface area contributed by atoms with Gasteiger partial charge in [-0.2, -0.15) is 0 Å². The number of aromatic nitrogens is 2. The second-order valence-corrected chi connectivity index (χ2v) is 3.97. The van der Waals surface area contributed by atoms with Crippen molar-refractivity contribution in [3.05, 3.63) is 18.2 Å². The van der Waals surface area contributed by atoms with Crippen LogP contribution in [0.15, 0.2) is 12.5 Å². The number of hydrogen-bond donors (Lipinski definition) is 1. The number of carbonyl (C=O) groups is 2. The molecule has 1 heterocycles. The molecule has 0 radical (unpaired) electrons. The van der Waals surface area contributed by atoms with Gasteiger partial charge in [0, 0.05) is 13.1 Å². The van der Waals surface area contributed by atoms with Crippen LogP contribution in [0.2, 0.25) is 0 Å². The first-order chi connectivity index (χ1) is 7.65. The Morgan fingerprint density at radius 1 is 1.75 bits per heavy atom. The van der Waals surface area contributed by atoms with E-state index in [9.17, 15) is 9.59 Å². The lowest BCUT2D eigenvalue weighted by Gasteiger charge is -2.21. The summed E-state index contributed by atoms with van der Waals surface area (Å²) in [6.45, 7) is 0. The average molecular weight is 223 g/mol. The first kappa shape index (κ1) is 10.7. The van der Waals surface area contributed by atoms with E-state index in [1.54, 1.807) is 6.33 Å². The number of carbonyl (C=O) groups excluding carboxylic acids is 1. The topological polar surface area (TPSA) is 75.4 Å². The van der Waals surface area contributed by atoms with Crippen molar-refractivity contribution < 1.29 is 14.7 Å². The van der Waals surface area contributed by atoms with Crippen molar-refractivity contribution in [2.75, 3.05) is 7.05 Å². The van der Waals surface area contributed by atoms with Crippen LogP contribution in [0.1, 0.15) is 30.6 Å². The highest BCUT2D eigenvalue weighted by atomic mass is 16.4. The highest BCUT2D eigenvalue weighted by molar-refractivity contribution is 5.77. The number of imidazole rings is 1. The van der Waals surface area contributed by atoms with Crippen molar-refractivity contribution in [2.45, 2.75) is 24.9 Å². The summed E-state index contributed by atoms with van der Waals surface area (Å²) in [5.74, 6) is -1.04. The van der Waals surface area contributed by atoms with E-state index >= 15 is 0 Å². The molecule has 1 aromatic rings. The molecule has 1 aromatic heterocycles. The molecule has 0 aliphatic heterocycles. The molecule has 1 amide bonds. The predicted octanol–water partition coefficient (Wildman–Crippen LogP) is 0.432. The van der Waals surface area contributed by atoms with Gasteiger partial charge in [-0.25, -0.2) is 9.78 Å². The number of amides is 1. The van der Waals surface area contributed by atoms with E-state index < -0.39 is 12.0 Å². The third-order valence-electron chi connectivity index (χ3n) is 2.72. The van der Waals surface area contributed by atoms with Gasteiger partial charge in [0.15, 0.2) is 6.04 Å². The molecule has 0 saturated heterocycles. The molecular weight excluding hydrogens is 210 g/mol. The van der Waals surface area contributed by atoms with E-state index in [0.717, 1.165) is 17.7 Å². The third kappa shape index (κ3) is 1.78. The second-order valence-electron chi connectivity index (χ2n) is 3.97. The molecule has 1 saturated carbocycles. The van der Waals surface area contributed by atoms with Crippen molar-refractivity contribution >= 4 is 12.4 Å². The third-order valence-corrected chi connectivity index (χ3v) is 2.72. The highest BCUT2D eigenvalue weighted by Gasteiger charge is 2.32. The summed E-state index contributed by atoms with van der Waals surface area (Å²) < 4.78 is 1.85. The van der Waals surface area contributed by atoms with Crippen molar-refractivity contribution in [1.82, 2.24) is 14.5 Å². The number of carboxylic acid groups (broad SMARTS) is 1.